The number of rotatable bonds is 11. The van der Waals surface area contributed by atoms with Crippen LogP contribution in [0.1, 0.15) is 76.8 Å². The van der Waals surface area contributed by atoms with Crippen LogP contribution in [0.2, 0.25) is 0 Å². The molecule has 0 bridgehead atoms. The summed E-state index contributed by atoms with van der Waals surface area (Å²) in [5.41, 5.74) is 1.39. The number of halogens is 2. The van der Waals surface area contributed by atoms with Crippen LogP contribution >= 0.6 is 31.9 Å². The highest BCUT2D eigenvalue weighted by Gasteiger charge is 2.11. The first-order chi connectivity index (χ1) is 10.2. The average molecular weight is 419 g/mol. The molecule has 0 aromatic heterocycles. The molecule has 1 N–H and O–H groups in total. The molecule has 1 nitrogen and oxygen atoms in total. The third-order valence-electron chi connectivity index (χ3n) is 3.77. The SMILES string of the molecule is CCCCCCCCC(NCCC)c1cc(Br)cc(Br)c1. The topological polar surface area (TPSA) is 12.0 Å². The van der Waals surface area contributed by atoms with Gasteiger partial charge in [0.1, 0.15) is 0 Å². The van der Waals surface area contributed by atoms with Crippen LogP contribution in [0.5, 0.6) is 0 Å². The normalized spacial score (nSPS) is 12.6. The Morgan fingerprint density at radius 3 is 2.10 bits per heavy atom. The standard InChI is InChI=1S/C18H29Br2N/c1-3-5-6-7-8-9-10-18(21-11-4-2)15-12-16(19)14-17(20)13-15/h12-14,18,21H,3-11H2,1-2H3. The Balaban J connectivity index is 2.50. The lowest BCUT2D eigenvalue weighted by molar-refractivity contribution is 0.466. The molecule has 0 fully saturated rings. The average Bonchev–Trinajstić information content (AvgIpc) is 2.44. The molecule has 0 aliphatic carbocycles. The van der Waals surface area contributed by atoms with Crippen molar-refractivity contribution in [1.29, 1.82) is 0 Å². The molecule has 0 aliphatic rings. The monoisotopic (exact) mass is 417 g/mol. The molecule has 0 spiro atoms. The molecule has 3 heteroatoms. The van der Waals surface area contributed by atoms with Crippen LogP contribution in [0.4, 0.5) is 0 Å². The van der Waals surface area contributed by atoms with E-state index >= 15 is 0 Å². The maximum Gasteiger partial charge on any atom is 0.0321 e. The van der Waals surface area contributed by atoms with Crippen LogP contribution in [-0.4, -0.2) is 6.54 Å². The first kappa shape index (κ1) is 19.2. The molecule has 21 heavy (non-hydrogen) atoms. The van der Waals surface area contributed by atoms with E-state index in [2.05, 4.69) is 69.2 Å². The lowest BCUT2D eigenvalue weighted by Gasteiger charge is -2.20. The Morgan fingerprint density at radius 2 is 1.48 bits per heavy atom. The Labute approximate surface area is 147 Å². The van der Waals surface area contributed by atoms with E-state index in [-0.39, 0.29) is 0 Å². The third-order valence-corrected chi connectivity index (χ3v) is 4.69. The van der Waals surface area contributed by atoms with Crippen molar-refractivity contribution in [2.75, 3.05) is 6.54 Å². The van der Waals surface area contributed by atoms with Gasteiger partial charge in [0.2, 0.25) is 0 Å². The number of nitrogens with one attached hydrogen (secondary N) is 1. The Hall–Kier alpha value is 0.140. The van der Waals surface area contributed by atoms with Gasteiger partial charge >= 0.3 is 0 Å². The zero-order valence-electron chi connectivity index (χ0n) is 13.4. The second-order valence-electron chi connectivity index (χ2n) is 5.77. The van der Waals surface area contributed by atoms with Crippen molar-refractivity contribution >= 4 is 31.9 Å². The molecule has 120 valence electrons. The maximum absolute atomic E-state index is 3.70. The molecule has 1 aromatic rings. The highest BCUT2D eigenvalue weighted by molar-refractivity contribution is 9.11. The summed E-state index contributed by atoms with van der Waals surface area (Å²) in [6.07, 6.45) is 10.6. The van der Waals surface area contributed by atoms with Crippen molar-refractivity contribution in [3.05, 3.63) is 32.7 Å². The predicted molar refractivity (Wildman–Crippen MR) is 101 cm³/mol. The zero-order chi connectivity index (χ0) is 15.5. The second kappa shape index (κ2) is 11.7. The van der Waals surface area contributed by atoms with Crippen molar-refractivity contribution in [2.45, 2.75) is 71.3 Å². The lowest BCUT2D eigenvalue weighted by Crippen LogP contribution is -2.22. The van der Waals surface area contributed by atoms with Crippen LogP contribution < -0.4 is 5.32 Å². The van der Waals surface area contributed by atoms with Gasteiger partial charge in [-0.2, -0.15) is 0 Å². The van der Waals surface area contributed by atoms with E-state index < -0.39 is 0 Å². The maximum atomic E-state index is 3.70. The van der Waals surface area contributed by atoms with Crippen molar-refractivity contribution in [3.8, 4) is 0 Å². The van der Waals surface area contributed by atoms with E-state index in [9.17, 15) is 0 Å². The van der Waals surface area contributed by atoms with Crippen LogP contribution in [-0.2, 0) is 0 Å². The minimum atomic E-state index is 0.477. The lowest BCUT2D eigenvalue weighted by atomic mass is 9.99. The third kappa shape index (κ3) is 8.37. The fourth-order valence-electron chi connectivity index (χ4n) is 2.61. The van der Waals surface area contributed by atoms with E-state index in [1.165, 1.54) is 56.9 Å². The van der Waals surface area contributed by atoms with Gasteiger partial charge in [-0.1, -0.05) is 84.2 Å². The largest absolute Gasteiger partial charge is 0.310 e. The molecule has 0 amide bonds. The molecule has 1 rings (SSSR count). The van der Waals surface area contributed by atoms with Crippen LogP contribution in [0.25, 0.3) is 0 Å². The van der Waals surface area contributed by atoms with E-state index in [1.807, 2.05) is 0 Å². The Morgan fingerprint density at radius 1 is 0.857 bits per heavy atom. The minimum Gasteiger partial charge on any atom is -0.310 e. The second-order valence-corrected chi connectivity index (χ2v) is 7.60. The summed E-state index contributed by atoms with van der Waals surface area (Å²) in [4.78, 5) is 0. The molecule has 1 atom stereocenters. The van der Waals surface area contributed by atoms with Crippen LogP contribution in [0.15, 0.2) is 27.1 Å². The van der Waals surface area contributed by atoms with Gasteiger partial charge in [-0.3, -0.25) is 0 Å². The highest BCUT2D eigenvalue weighted by Crippen LogP contribution is 2.27. The first-order valence-corrected chi connectivity index (χ1v) is 9.95. The van der Waals surface area contributed by atoms with Gasteiger partial charge in [0.05, 0.1) is 0 Å². The fraction of sp³-hybridized carbons (Fsp3) is 0.667. The van der Waals surface area contributed by atoms with Gasteiger partial charge in [-0.25, -0.2) is 0 Å². The molecular weight excluding hydrogens is 390 g/mol. The smallest absolute Gasteiger partial charge is 0.0321 e. The Kier molecular flexibility index (Phi) is 10.7. The molecule has 0 saturated heterocycles. The number of hydrogen-bond donors (Lipinski definition) is 1. The quantitative estimate of drug-likeness (QED) is 0.381. The van der Waals surface area contributed by atoms with E-state index in [0.29, 0.717) is 6.04 Å². The van der Waals surface area contributed by atoms with E-state index in [1.54, 1.807) is 0 Å². The van der Waals surface area contributed by atoms with Gasteiger partial charge in [0, 0.05) is 15.0 Å². The first-order valence-electron chi connectivity index (χ1n) is 8.36. The van der Waals surface area contributed by atoms with Gasteiger partial charge in [0.25, 0.3) is 0 Å². The summed E-state index contributed by atoms with van der Waals surface area (Å²) < 4.78 is 2.30. The molecule has 1 unspecified atom stereocenters. The molecule has 0 saturated carbocycles. The van der Waals surface area contributed by atoms with E-state index in [4.69, 9.17) is 0 Å². The fourth-order valence-corrected chi connectivity index (χ4v) is 3.94. The summed E-state index contributed by atoms with van der Waals surface area (Å²) in [7, 11) is 0. The zero-order valence-corrected chi connectivity index (χ0v) is 16.6. The summed E-state index contributed by atoms with van der Waals surface area (Å²) in [6.45, 7) is 5.59. The van der Waals surface area contributed by atoms with E-state index in [0.717, 1.165) is 15.5 Å². The van der Waals surface area contributed by atoms with Crippen LogP contribution in [0.3, 0.4) is 0 Å². The van der Waals surface area contributed by atoms with Gasteiger partial charge < -0.3 is 5.32 Å². The van der Waals surface area contributed by atoms with Crippen molar-refractivity contribution in [2.24, 2.45) is 0 Å². The minimum absolute atomic E-state index is 0.477. The summed E-state index contributed by atoms with van der Waals surface area (Å²) in [5.74, 6) is 0. The molecule has 0 radical (unpaired) electrons. The van der Waals surface area contributed by atoms with Crippen molar-refractivity contribution in [3.63, 3.8) is 0 Å². The summed E-state index contributed by atoms with van der Waals surface area (Å²) >= 11 is 7.20. The number of benzene rings is 1. The number of unbranched alkanes of at least 4 members (excludes halogenated alkanes) is 5. The predicted octanol–water partition coefficient (Wildman–Crippen LogP) is 7.00. The van der Waals surface area contributed by atoms with Crippen molar-refractivity contribution in [1.82, 2.24) is 5.32 Å². The molecular formula is C18H29Br2N. The van der Waals surface area contributed by atoms with Crippen molar-refractivity contribution < 1.29 is 0 Å². The number of hydrogen-bond acceptors (Lipinski definition) is 1. The van der Waals surface area contributed by atoms with Crippen LogP contribution in [0, 0.1) is 0 Å². The van der Waals surface area contributed by atoms with Gasteiger partial charge in [-0.15, -0.1) is 0 Å². The molecule has 0 heterocycles. The summed E-state index contributed by atoms with van der Waals surface area (Å²) in [5, 5.41) is 3.70. The van der Waals surface area contributed by atoms with Gasteiger partial charge in [-0.05, 0) is 43.1 Å². The summed E-state index contributed by atoms with van der Waals surface area (Å²) in [6, 6.07) is 7.07. The molecule has 1 aromatic carbocycles. The molecule has 0 aliphatic heterocycles. The Bertz CT molecular complexity index is 373. The van der Waals surface area contributed by atoms with Gasteiger partial charge in [0.15, 0.2) is 0 Å². The highest BCUT2D eigenvalue weighted by atomic mass is 79.9.